The van der Waals surface area contributed by atoms with E-state index in [4.69, 9.17) is 4.98 Å². The third-order valence-electron chi connectivity index (χ3n) is 5.41. The number of carbonyl (C=O) groups excluding carboxylic acids is 1. The van der Waals surface area contributed by atoms with Gasteiger partial charge in [0.2, 0.25) is 0 Å². The Morgan fingerprint density at radius 3 is 2.65 bits per heavy atom. The van der Waals surface area contributed by atoms with Gasteiger partial charge in [0, 0.05) is 28.9 Å². The highest BCUT2D eigenvalue weighted by atomic mass is 16.2. The minimum atomic E-state index is -0.281. The Kier molecular flexibility index (Phi) is 6.13. The van der Waals surface area contributed by atoms with Crippen molar-refractivity contribution in [3.63, 3.8) is 0 Å². The third-order valence-corrected chi connectivity index (χ3v) is 5.41. The van der Waals surface area contributed by atoms with Gasteiger partial charge >= 0.3 is 0 Å². The lowest BCUT2D eigenvalue weighted by Crippen LogP contribution is -2.18. The van der Waals surface area contributed by atoms with Crippen molar-refractivity contribution in [3.05, 3.63) is 95.8 Å². The second-order valence-corrected chi connectivity index (χ2v) is 7.49. The van der Waals surface area contributed by atoms with E-state index in [2.05, 4.69) is 53.6 Å². The number of rotatable bonds is 6. The molecule has 5 nitrogen and oxygen atoms in total. The predicted molar refractivity (Wildman–Crippen MR) is 125 cm³/mol. The summed E-state index contributed by atoms with van der Waals surface area (Å²) >= 11 is 0. The first kappa shape index (κ1) is 20.4. The standard InChI is InChI=1S/C26H24N4O/c1-3-18(2)20-10-12-21(13-11-20)25-15-23(22-8-4-5-9-24(22)29-25)26(31)30-28-17-19-7-6-14-27-16-19/h4-18H,3H2,1-2H3,(H,30,31)/b28-17-/t18-/m0/s1. The van der Waals surface area contributed by atoms with E-state index in [0.29, 0.717) is 11.5 Å². The molecule has 31 heavy (non-hydrogen) atoms. The van der Waals surface area contributed by atoms with E-state index < -0.39 is 0 Å². The Hall–Kier alpha value is -3.86. The molecular weight excluding hydrogens is 384 g/mol. The first-order valence-corrected chi connectivity index (χ1v) is 10.4. The van der Waals surface area contributed by atoms with E-state index in [1.165, 1.54) is 5.56 Å². The van der Waals surface area contributed by atoms with Crippen LogP contribution in [0.25, 0.3) is 22.2 Å². The fourth-order valence-electron chi connectivity index (χ4n) is 3.41. The zero-order chi connectivity index (χ0) is 21.6. The van der Waals surface area contributed by atoms with Crippen LogP contribution < -0.4 is 5.43 Å². The Bertz CT molecular complexity index is 1220. The summed E-state index contributed by atoms with van der Waals surface area (Å²) in [6.45, 7) is 4.41. The molecule has 154 valence electrons. The van der Waals surface area contributed by atoms with Gasteiger partial charge < -0.3 is 0 Å². The number of aromatic nitrogens is 2. The Morgan fingerprint density at radius 2 is 1.90 bits per heavy atom. The Morgan fingerprint density at radius 1 is 1.10 bits per heavy atom. The molecule has 1 atom stereocenters. The maximum atomic E-state index is 12.9. The van der Waals surface area contributed by atoms with Gasteiger partial charge in [-0.25, -0.2) is 10.4 Å². The lowest BCUT2D eigenvalue weighted by molar-refractivity contribution is 0.0956. The zero-order valence-electron chi connectivity index (χ0n) is 17.6. The van der Waals surface area contributed by atoms with Crippen LogP contribution in [-0.4, -0.2) is 22.1 Å². The monoisotopic (exact) mass is 408 g/mol. The van der Waals surface area contributed by atoms with Crippen molar-refractivity contribution in [2.24, 2.45) is 5.10 Å². The van der Waals surface area contributed by atoms with Crippen LogP contribution in [0.5, 0.6) is 0 Å². The van der Waals surface area contributed by atoms with Gasteiger partial charge in [-0.3, -0.25) is 9.78 Å². The highest BCUT2D eigenvalue weighted by molar-refractivity contribution is 6.07. The van der Waals surface area contributed by atoms with Crippen molar-refractivity contribution < 1.29 is 4.79 Å². The predicted octanol–water partition coefficient (Wildman–Crippen LogP) is 5.57. The minimum absolute atomic E-state index is 0.281. The summed E-state index contributed by atoms with van der Waals surface area (Å²) in [5.41, 5.74) is 7.78. The molecule has 0 bridgehead atoms. The van der Waals surface area contributed by atoms with Crippen LogP contribution in [0.4, 0.5) is 0 Å². The molecule has 2 aromatic heterocycles. The SMILES string of the molecule is CC[C@H](C)c1ccc(-c2cc(C(=O)N/N=C\c3cccnc3)c3ccccc3n2)cc1. The van der Waals surface area contributed by atoms with Crippen molar-refractivity contribution in [1.82, 2.24) is 15.4 Å². The van der Waals surface area contributed by atoms with Crippen molar-refractivity contribution >= 4 is 23.0 Å². The van der Waals surface area contributed by atoms with Crippen molar-refractivity contribution in [1.29, 1.82) is 0 Å². The second-order valence-electron chi connectivity index (χ2n) is 7.49. The molecule has 0 aliphatic heterocycles. The maximum Gasteiger partial charge on any atom is 0.272 e. The van der Waals surface area contributed by atoms with E-state index in [9.17, 15) is 4.79 Å². The number of benzene rings is 2. The number of hydrazone groups is 1. The van der Waals surface area contributed by atoms with Gasteiger partial charge in [0.1, 0.15) is 0 Å². The smallest absolute Gasteiger partial charge is 0.267 e. The average Bonchev–Trinajstić information content (AvgIpc) is 2.83. The van der Waals surface area contributed by atoms with Gasteiger partial charge in [0.15, 0.2) is 0 Å². The molecule has 5 heteroatoms. The van der Waals surface area contributed by atoms with Crippen molar-refractivity contribution in [2.75, 3.05) is 0 Å². The first-order valence-electron chi connectivity index (χ1n) is 10.4. The molecule has 0 aliphatic carbocycles. The van der Waals surface area contributed by atoms with E-state index in [1.54, 1.807) is 18.6 Å². The van der Waals surface area contributed by atoms with Gasteiger partial charge in [-0.15, -0.1) is 0 Å². The van der Waals surface area contributed by atoms with Gasteiger partial charge in [0.25, 0.3) is 5.91 Å². The van der Waals surface area contributed by atoms with Gasteiger partial charge in [-0.2, -0.15) is 5.10 Å². The molecule has 0 saturated carbocycles. The molecule has 2 aromatic carbocycles. The number of para-hydroxylation sites is 1. The highest BCUT2D eigenvalue weighted by Crippen LogP contribution is 2.27. The first-order chi connectivity index (χ1) is 15.2. The summed E-state index contributed by atoms with van der Waals surface area (Å²) in [4.78, 5) is 21.8. The van der Waals surface area contributed by atoms with Crippen LogP contribution >= 0.6 is 0 Å². The molecule has 0 fully saturated rings. The molecule has 0 radical (unpaired) electrons. The van der Waals surface area contributed by atoms with Crippen LogP contribution in [-0.2, 0) is 0 Å². The number of hydrogen-bond acceptors (Lipinski definition) is 4. The third kappa shape index (κ3) is 4.67. The fraction of sp³-hybridized carbons (Fsp3) is 0.154. The fourth-order valence-corrected chi connectivity index (χ4v) is 3.41. The maximum absolute atomic E-state index is 12.9. The normalized spacial score (nSPS) is 12.2. The summed E-state index contributed by atoms with van der Waals surface area (Å²) < 4.78 is 0. The number of pyridine rings is 2. The van der Waals surface area contributed by atoms with Crippen LogP contribution in [0.15, 0.2) is 84.2 Å². The number of amides is 1. The highest BCUT2D eigenvalue weighted by Gasteiger charge is 2.14. The molecule has 0 aliphatic rings. The summed E-state index contributed by atoms with van der Waals surface area (Å²) in [7, 11) is 0. The molecular formula is C26H24N4O. The number of hydrogen-bond donors (Lipinski definition) is 1. The summed E-state index contributed by atoms with van der Waals surface area (Å²) in [6, 6.07) is 21.6. The summed E-state index contributed by atoms with van der Waals surface area (Å²) in [5.74, 6) is 0.230. The Balaban J connectivity index is 1.66. The molecule has 1 N–H and O–H groups in total. The number of fused-ring (bicyclic) bond motifs is 1. The molecule has 0 unspecified atom stereocenters. The van der Waals surface area contributed by atoms with E-state index in [-0.39, 0.29) is 5.91 Å². The van der Waals surface area contributed by atoms with Gasteiger partial charge in [0.05, 0.1) is 23.0 Å². The lowest BCUT2D eigenvalue weighted by Gasteiger charge is -2.11. The molecule has 0 saturated heterocycles. The quantitative estimate of drug-likeness (QED) is 0.335. The zero-order valence-corrected chi connectivity index (χ0v) is 17.6. The van der Waals surface area contributed by atoms with E-state index >= 15 is 0 Å². The van der Waals surface area contributed by atoms with Crippen molar-refractivity contribution in [2.45, 2.75) is 26.2 Å². The Labute approximate surface area is 181 Å². The second kappa shape index (κ2) is 9.30. The van der Waals surface area contributed by atoms with Gasteiger partial charge in [-0.1, -0.05) is 62.4 Å². The number of nitrogens with zero attached hydrogens (tertiary/aromatic N) is 3. The number of carbonyl (C=O) groups is 1. The minimum Gasteiger partial charge on any atom is -0.267 e. The summed E-state index contributed by atoms with van der Waals surface area (Å²) in [5, 5.41) is 4.87. The van der Waals surface area contributed by atoms with Crippen LogP contribution in [0.3, 0.4) is 0 Å². The van der Waals surface area contributed by atoms with Crippen LogP contribution in [0.1, 0.15) is 47.7 Å². The lowest BCUT2D eigenvalue weighted by atomic mass is 9.96. The number of nitrogens with one attached hydrogen (secondary N) is 1. The van der Waals surface area contributed by atoms with Gasteiger partial charge in [-0.05, 0) is 36.1 Å². The topological polar surface area (TPSA) is 67.2 Å². The molecule has 0 spiro atoms. The van der Waals surface area contributed by atoms with E-state index in [1.807, 2.05) is 42.5 Å². The average molecular weight is 409 g/mol. The van der Waals surface area contributed by atoms with E-state index in [0.717, 1.165) is 34.1 Å². The molecule has 4 rings (SSSR count). The molecule has 4 aromatic rings. The van der Waals surface area contributed by atoms with Crippen LogP contribution in [0, 0.1) is 0 Å². The molecule has 2 heterocycles. The van der Waals surface area contributed by atoms with Crippen LogP contribution in [0.2, 0.25) is 0 Å². The molecule has 1 amide bonds. The largest absolute Gasteiger partial charge is 0.272 e. The van der Waals surface area contributed by atoms with Crippen molar-refractivity contribution in [3.8, 4) is 11.3 Å². The summed E-state index contributed by atoms with van der Waals surface area (Å²) in [6.07, 6.45) is 6.04.